The van der Waals surface area contributed by atoms with Gasteiger partial charge in [-0.15, -0.1) is 24.8 Å². The molecule has 1 aromatic rings. The van der Waals surface area contributed by atoms with Crippen LogP contribution in [0.4, 0.5) is 8.78 Å². The van der Waals surface area contributed by atoms with E-state index in [1.807, 2.05) is 12.1 Å². The van der Waals surface area contributed by atoms with E-state index in [2.05, 4.69) is 20.5 Å². The van der Waals surface area contributed by atoms with E-state index in [-0.39, 0.29) is 36.8 Å². The van der Waals surface area contributed by atoms with Gasteiger partial charge in [-0.2, -0.15) is 0 Å². The van der Waals surface area contributed by atoms with Crippen molar-refractivity contribution < 1.29 is 13.6 Å². The molecule has 2 saturated heterocycles. The molecule has 3 rings (SSSR count). The van der Waals surface area contributed by atoms with Gasteiger partial charge in [0.15, 0.2) is 0 Å². The van der Waals surface area contributed by atoms with Crippen molar-refractivity contribution in [3.05, 3.63) is 30.1 Å². The number of amides is 1. The minimum Gasteiger partial charge on any atom is -0.352 e. The summed E-state index contributed by atoms with van der Waals surface area (Å²) in [5.74, 6) is -3.06. The second kappa shape index (κ2) is 9.62. The molecule has 1 atom stereocenters. The SMILES string of the molecule is Cl.Cl.O=C(NC1CCN(Cc2ccncc2)CC1)C1CC(F)(F)CN1. The average Bonchev–Trinajstić information content (AvgIpc) is 2.90. The normalized spacial score (nSPS) is 23.4. The van der Waals surface area contributed by atoms with Gasteiger partial charge in [0.05, 0.1) is 12.6 Å². The molecule has 1 amide bonds. The summed E-state index contributed by atoms with van der Waals surface area (Å²) >= 11 is 0. The fourth-order valence-corrected chi connectivity index (χ4v) is 3.18. The summed E-state index contributed by atoms with van der Waals surface area (Å²) in [4.78, 5) is 18.4. The fourth-order valence-electron chi connectivity index (χ4n) is 3.18. The largest absolute Gasteiger partial charge is 0.352 e. The van der Waals surface area contributed by atoms with Gasteiger partial charge in [0.1, 0.15) is 0 Å². The van der Waals surface area contributed by atoms with Crippen molar-refractivity contribution in [2.45, 2.75) is 43.8 Å². The number of carbonyl (C=O) groups excluding carboxylic acids is 1. The number of carbonyl (C=O) groups is 1. The number of nitrogens with zero attached hydrogens (tertiary/aromatic N) is 2. The number of nitrogens with one attached hydrogen (secondary N) is 2. The van der Waals surface area contributed by atoms with E-state index in [0.29, 0.717) is 0 Å². The van der Waals surface area contributed by atoms with E-state index in [4.69, 9.17) is 0 Å². The first-order valence-corrected chi connectivity index (χ1v) is 8.05. The Morgan fingerprint density at radius 1 is 1.28 bits per heavy atom. The summed E-state index contributed by atoms with van der Waals surface area (Å²) < 4.78 is 26.3. The van der Waals surface area contributed by atoms with E-state index in [0.717, 1.165) is 32.5 Å². The molecule has 9 heteroatoms. The van der Waals surface area contributed by atoms with Crippen LogP contribution >= 0.6 is 24.8 Å². The number of pyridine rings is 1. The third kappa shape index (κ3) is 6.33. The van der Waals surface area contributed by atoms with E-state index in [9.17, 15) is 13.6 Å². The minimum absolute atomic E-state index is 0. The maximum Gasteiger partial charge on any atom is 0.262 e. The zero-order valence-electron chi connectivity index (χ0n) is 13.8. The zero-order chi connectivity index (χ0) is 16.3. The lowest BCUT2D eigenvalue weighted by Gasteiger charge is -2.32. The summed E-state index contributed by atoms with van der Waals surface area (Å²) in [6.45, 7) is 2.25. The average molecular weight is 397 g/mol. The number of rotatable bonds is 4. The molecule has 142 valence electrons. The Labute approximate surface area is 158 Å². The van der Waals surface area contributed by atoms with Gasteiger partial charge in [0.25, 0.3) is 5.92 Å². The van der Waals surface area contributed by atoms with Crippen LogP contribution in [-0.2, 0) is 11.3 Å². The molecule has 1 unspecified atom stereocenters. The molecule has 1 aromatic heterocycles. The van der Waals surface area contributed by atoms with Gasteiger partial charge >= 0.3 is 0 Å². The quantitative estimate of drug-likeness (QED) is 0.816. The Morgan fingerprint density at radius 2 is 1.92 bits per heavy atom. The Kier molecular flexibility index (Phi) is 8.47. The molecule has 2 fully saturated rings. The number of hydrogen-bond acceptors (Lipinski definition) is 4. The Balaban J connectivity index is 0.00000156. The van der Waals surface area contributed by atoms with Crippen molar-refractivity contribution >= 4 is 30.7 Å². The highest BCUT2D eigenvalue weighted by molar-refractivity contribution is 5.85. The Morgan fingerprint density at radius 3 is 2.48 bits per heavy atom. The van der Waals surface area contributed by atoms with Gasteiger partial charge in [-0.25, -0.2) is 8.78 Å². The van der Waals surface area contributed by atoms with Crippen LogP contribution in [0.1, 0.15) is 24.8 Å². The lowest BCUT2D eigenvalue weighted by molar-refractivity contribution is -0.124. The summed E-state index contributed by atoms with van der Waals surface area (Å²) in [6.07, 6.45) is 4.86. The van der Waals surface area contributed by atoms with Crippen LogP contribution in [0.3, 0.4) is 0 Å². The molecule has 0 saturated carbocycles. The lowest BCUT2D eigenvalue weighted by atomic mass is 10.0. The van der Waals surface area contributed by atoms with Gasteiger partial charge in [-0.3, -0.25) is 20.0 Å². The molecule has 2 aliphatic rings. The predicted molar refractivity (Wildman–Crippen MR) is 96.5 cm³/mol. The molecule has 0 spiro atoms. The maximum atomic E-state index is 13.1. The van der Waals surface area contributed by atoms with Crippen LogP contribution in [0.5, 0.6) is 0 Å². The van der Waals surface area contributed by atoms with Crippen LogP contribution in [0, 0.1) is 0 Å². The van der Waals surface area contributed by atoms with Gasteiger partial charge in [0.2, 0.25) is 5.91 Å². The first kappa shape index (κ1) is 22.0. The first-order valence-electron chi connectivity index (χ1n) is 8.05. The number of hydrogen-bond donors (Lipinski definition) is 2. The number of aromatic nitrogens is 1. The van der Waals surface area contributed by atoms with Crippen LogP contribution < -0.4 is 10.6 Å². The molecule has 5 nitrogen and oxygen atoms in total. The molecule has 0 bridgehead atoms. The van der Waals surface area contributed by atoms with Crippen LogP contribution in [0.25, 0.3) is 0 Å². The van der Waals surface area contributed by atoms with Crippen LogP contribution in [0.15, 0.2) is 24.5 Å². The van der Waals surface area contributed by atoms with Crippen LogP contribution in [0.2, 0.25) is 0 Å². The standard InChI is InChI=1S/C16H22F2N4O.2ClH/c17-16(18)9-14(20-11-16)15(23)21-13-3-7-22(8-4-13)10-12-1-5-19-6-2-12;;/h1-2,5-6,13-14,20H,3-4,7-11H2,(H,21,23);2*1H. The lowest BCUT2D eigenvalue weighted by Crippen LogP contribution is -2.49. The smallest absolute Gasteiger partial charge is 0.262 e. The molecular weight excluding hydrogens is 373 g/mol. The Bertz CT molecular complexity index is 542. The predicted octanol–water partition coefficient (Wildman–Crippen LogP) is 2.00. The zero-order valence-corrected chi connectivity index (χ0v) is 15.4. The third-order valence-electron chi connectivity index (χ3n) is 4.52. The van der Waals surface area contributed by atoms with Crippen molar-refractivity contribution in [1.82, 2.24) is 20.5 Å². The van der Waals surface area contributed by atoms with Gasteiger partial charge in [-0.05, 0) is 30.5 Å². The highest BCUT2D eigenvalue weighted by Gasteiger charge is 2.42. The van der Waals surface area contributed by atoms with Gasteiger partial charge in [-0.1, -0.05) is 0 Å². The van der Waals surface area contributed by atoms with Crippen molar-refractivity contribution in [2.24, 2.45) is 0 Å². The number of likely N-dealkylation sites (tertiary alicyclic amines) is 1. The van der Waals surface area contributed by atoms with E-state index >= 15 is 0 Å². The molecule has 2 N–H and O–H groups in total. The first-order chi connectivity index (χ1) is 11.0. The molecule has 2 aliphatic heterocycles. The van der Waals surface area contributed by atoms with Crippen molar-refractivity contribution in [2.75, 3.05) is 19.6 Å². The maximum absolute atomic E-state index is 13.1. The molecule has 0 radical (unpaired) electrons. The van der Waals surface area contributed by atoms with E-state index in [1.165, 1.54) is 5.56 Å². The van der Waals surface area contributed by atoms with E-state index in [1.54, 1.807) is 12.4 Å². The second-order valence-corrected chi connectivity index (χ2v) is 6.41. The highest BCUT2D eigenvalue weighted by atomic mass is 35.5. The fraction of sp³-hybridized carbons (Fsp3) is 0.625. The van der Waals surface area contributed by atoms with E-state index < -0.39 is 24.9 Å². The van der Waals surface area contributed by atoms with Crippen molar-refractivity contribution in [3.63, 3.8) is 0 Å². The number of halogens is 4. The molecular formula is C16H24Cl2F2N4O. The Hall–Kier alpha value is -1.02. The summed E-state index contributed by atoms with van der Waals surface area (Å²) in [6, 6.07) is 3.31. The summed E-state index contributed by atoms with van der Waals surface area (Å²) in [5.41, 5.74) is 1.22. The molecule has 3 heterocycles. The topological polar surface area (TPSA) is 57.3 Å². The summed E-state index contributed by atoms with van der Waals surface area (Å²) in [7, 11) is 0. The summed E-state index contributed by atoms with van der Waals surface area (Å²) in [5, 5.41) is 5.51. The molecule has 25 heavy (non-hydrogen) atoms. The second-order valence-electron chi connectivity index (χ2n) is 6.41. The van der Waals surface area contributed by atoms with Crippen molar-refractivity contribution in [3.8, 4) is 0 Å². The number of piperidine rings is 1. The minimum atomic E-state index is -2.77. The van der Waals surface area contributed by atoms with Gasteiger partial charge < -0.3 is 5.32 Å². The van der Waals surface area contributed by atoms with Crippen LogP contribution in [-0.4, -0.2) is 53.4 Å². The van der Waals surface area contributed by atoms with Gasteiger partial charge in [0, 0.05) is 44.5 Å². The number of alkyl halides is 2. The molecule has 0 aliphatic carbocycles. The third-order valence-corrected chi connectivity index (χ3v) is 4.52. The monoisotopic (exact) mass is 396 g/mol. The molecule has 0 aromatic carbocycles. The highest BCUT2D eigenvalue weighted by Crippen LogP contribution is 2.25. The van der Waals surface area contributed by atoms with Crippen molar-refractivity contribution in [1.29, 1.82) is 0 Å².